The molecule has 5 nitrogen and oxygen atoms in total. The van der Waals surface area contributed by atoms with E-state index in [0.29, 0.717) is 0 Å². The predicted octanol–water partition coefficient (Wildman–Crippen LogP) is 5.89. The highest BCUT2D eigenvalue weighted by Gasteiger charge is 2.38. The van der Waals surface area contributed by atoms with Gasteiger partial charge in [-0.25, -0.2) is 4.98 Å². The molecule has 0 fully saturated rings. The normalized spacial score (nSPS) is 12.3. The van der Waals surface area contributed by atoms with E-state index in [1.165, 1.54) is 0 Å². The summed E-state index contributed by atoms with van der Waals surface area (Å²) >= 11 is 0. The molecule has 160 valence electrons. The summed E-state index contributed by atoms with van der Waals surface area (Å²) in [6, 6.07) is 11.9. The second-order valence-corrected chi connectivity index (χ2v) is 9.77. The number of rotatable bonds is 5. The molecule has 0 spiro atoms. The fourth-order valence-corrected chi connectivity index (χ4v) is 4.67. The maximum absolute atomic E-state index is 13.1. The molecule has 30 heavy (non-hydrogen) atoms. The molecule has 3 rings (SSSR count). The molecule has 2 aromatic heterocycles. The molecule has 0 aliphatic rings. The van der Waals surface area contributed by atoms with Crippen LogP contribution >= 0.6 is 0 Å². The first-order chi connectivity index (χ1) is 14.0. The van der Waals surface area contributed by atoms with Crippen molar-refractivity contribution in [2.75, 3.05) is 12.0 Å². The number of carbonyl (C=O) groups excluding carboxylic acids is 1. The van der Waals surface area contributed by atoms with Crippen molar-refractivity contribution in [1.29, 1.82) is 0 Å². The number of hydrogen-bond acceptors (Lipinski definition) is 3. The minimum atomic E-state index is -0.416. The quantitative estimate of drug-likeness (QED) is 0.530. The summed E-state index contributed by atoms with van der Waals surface area (Å²) in [6.07, 6.45) is 2.82. The number of amides is 1. The van der Waals surface area contributed by atoms with E-state index < -0.39 is 5.54 Å². The maximum Gasteiger partial charge on any atom is 0.225 e. The number of benzene rings is 1. The van der Waals surface area contributed by atoms with E-state index in [9.17, 15) is 4.79 Å². The van der Waals surface area contributed by atoms with Crippen LogP contribution in [0.25, 0.3) is 16.9 Å². The lowest BCUT2D eigenvalue weighted by atomic mass is 9.80. The van der Waals surface area contributed by atoms with Crippen molar-refractivity contribution in [1.82, 2.24) is 9.38 Å². The zero-order valence-corrected chi connectivity index (χ0v) is 19.4. The van der Waals surface area contributed by atoms with Crippen LogP contribution in [0.5, 0.6) is 5.75 Å². The van der Waals surface area contributed by atoms with Crippen LogP contribution < -0.4 is 9.64 Å². The molecule has 0 saturated heterocycles. The summed E-state index contributed by atoms with van der Waals surface area (Å²) < 4.78 is 7.67. The largest absolute Gasteiger partial charge is 0.496 e. The Morgan fingerprint density at radius 3 is 2.37 bits per heavy atom. The highest BCUT2D eigenvalue weighted by Crippen LogP contribution is 2.42. The van der Waals surface area contributed by atoms with Gasteiger partial charge >= 0.3 is 0 Å². The molecule has 0 bridgehead atoms. The van der Waals surface area contributed by atoms with Crippen molar-refractivity contribution in [3.05, 3.63) is 48.2 Å². The number of pyridine rings is 1. The molecular formula is C25H33N3O2. The van der Waals surface area contributed by atoms with Gasteiger partial charge in [0.1, 0.15) is 22.9 Å². The Labute approximate surface area is 179 Å². The maximum atomic E-state index is 13.1. The van der Waals surface area contributed by atoms with Crippen molar-refractivity contribution in [2.45, 2.75) is 60.4 Å². The Morgan fingerprint density at radius 2 is 1.77 bits per heavy atom. The van der Waals surface area contributed by atoms with Crippen LogP contribution in [0.1, 0.15) is 53.5 Å². The molecule has 3 aromatic rings. The lowest BCUT2D eigenvalue weighted by Crippen LogP contribution is -2.50. The molecule has 0 atom stereocenters. The van der Waals surface area contributed by atoms with Crippen LogP contribution in [0.2, 0.25) is 0 Å². The minimum Gasteiger partial charge on any atom is -0.496 e. The molecule has 0 aliphatic carbocycles. The number of carbonyl (C=O) groups is 1. The molecule has 1 amide bonds. The number of aromatic nitrogens is 2. The summed E-state index contributed by atoms with van der Waals surface area (Å²) in [5.74, 6) is 1.50. The number of fused-ring (bicyclic) bond motifs is 1. The number of anilines is 1. The van der Waals surface area contributed by atoms with Crippen LogP contribution in [0.15, 0.2) is 42.6 Å². The third kappa shape index (κ3) is 4.07. The Balaban J connectivity index is 2.37. The van der Waals surface area contributed by atoms with Crippen molar-refractivity contribution in [3.8, 4) is 17.0 Å². The van der Waals surface area contributed by atoms with Gasteiger partial charge in [-0.3, -0.25) is 14.1 Å². The number of hydrogen-bond donors (Lipinski definition) is 0. The molecule has 0 saturated carbocycles. The van der Waals surface area contributed by atoms with Gasteiger partial charge in [-0.2, -0.15) is 0 Å². The van der Waals surface area contributed by atoms with Crippen molar-refractivity contribution in [3.63, 3.8) is 0 Å². The molecule has 0 unspecified atom stereocenters. The van der Waals surface area contributed by atoms with Gasteiger partial charge in [-0.05, 0) is 56.4 Å². The van der Waals surface area contributed by atoms with Gasteiger partial charge in [-0.15, -0.1) is 0 Å². The Bertz CT molecular complexity index is 1070. The summed E-state index contributed by atoms with van der Waals surface area (Å²) in [4.78, 5) is 20.0. The van der Waals surface area contributed by atoms with E-state index in [2.05, 4.69) is 34.6 Å². The van der Waals surface area contributed by atoms with Crippen molar-refractivity contribution < 1.29 is 9.53 Å². The smallest absolute Gasteiger partial charge is 0.225 e. The van der Waals surface area contributed by atoms with Gasteiger partial charge in [0, 0.05) is 24.2 Å². The Hall–Kier alpha value is -2.82. The first-order valence-corrected chi connectivity index (χ1v) is 10.4. The highest BCUT2D eigenvalue weighted by atomic mass is 16.5. The number of para-hydroxylation sites is 1. The van der Waals surface area contributed by atoms with E-state index in [-0.39, 0.29) is 11.3 Å². The third-order valence-corrected chi connectivity index (χ3v) is 5.28. The Kier molecular flexibility index (Phi) is 5.68. The molecule has 0 aliphatic heterocycles. The average molecular weight is 408 g/mol. The summed E-state index contributed by atoms with van der Waals surface area (Å²) in [5, 5.41) is 0. The van der Waals surface area contributed by atoms with Gasteiger partial charge in [0.25, 0.3) is 0 Å². The van der Waals surface area contributed by atoms with Gasteiger partial charge in [0.15, 0.2) is 0 Å². The highest BCUT2D eigenvalue weighted by molar-refractivity contribution is 5.97. The number of nitrogens with zero attached hydrogens (tertiary/aromatic N) is 3. The number of ether oxygens (including phenoxy) is 1. The van der Waals surface area contributed by atoms with Crippen LogP contribution in [0.3, 0.4) is 0 Å². The van der Waals surface area contributed by atoms with E-state index >= 15 is 0 Å². The average Bonchev–Trinajstić information content (AvgIpc) is 2.99. The molecule has 2 heterocycles. The summed E-state index contributed by atoms with van der Waals surface area (Å²) in [5.41, 5.74) is 3.15. The lowest BCUT2D eigenvalue weighted by Gasteiger charge is -2.41. The van der Waals surface area contributed by atoms with Crippen LogP contribution in [0, 0.1) is 12.3 Å². The van der Waals surface area contributed by atoms with Gasteiger partial charge in [-0.1, -0.05) is 39.0 Å². The van der Waals surface area contributed by atoms with Crippen molar-refractivity contribution >= 4 is 17.4 Å². The molecule has 5 heteroatoms. The Morgan fingerprint density at radius 1 is 1.10 bits per heavy atom. The van der Waals surface area contributed by atoms with Crippen LogP contribution in [0.4, 0.5) is 5.82 Å². The fourth-order valence-electron chi connectivity index (χ4n) is 4.67. The van der Waals surface area contributed by atoms with Gasteiger partial charge in [0.05, 0.1) is 7.11 Å². The van der Waals surface area contributed by atoms with E-state index in [4.69, 9.17) is 9.72 Å². The minimum absolute atomic E-state index is 0.0105. The zero-order chi connectivity index (χ0) is 22.3. The van der Waals surface area contributed by atoms with Crippen molar-refractivity contribution in [2.24, 2.45) is 5.41 Å². The second kappa shape index (κ2) is 7.78. The predicted molar refractivity (Wildman–Crippen MR) is 123 cm³/mol. The molecular weight excluding hydrogens is 374 g/mol. The van der Waals surface area contributed by atoms with Crippen LogP contribution in [-0.4, -0.2) is 27.9 Å². The standard InChI is InChI=1S/C25H33N3O2/c1-17-12-11-15-27-22(17)26-21(19-13-9-10-14-20(19)30-8)23(27)28(18(2)29)25(6,7)16-24(3,4)5/h9-15H,16H2,1-8H3. The lowest BCUT2D eigenvalue weighted by molar-refractivity contribution is -0.117. The monoisotopic (exact) mass is 407 g/mol. The SMILES string of the molecule is COc1ccccc1-c1nc2c(C)cccn2c1N(C(C)=O)C(C)(C)CC(C)(C)C. The van der Waals surface area contributed by atoms with E-state index in [1.807, 2.05) is 58.8 Å². The van der Waals surface area contributed by atoms with E-state index in [0.717, 1.165) is 40.5 Å². The number of methoxy groups -OCH3 is 1. The number of imidazole rings is 1. The first kappa shape index (κ1) is 21.9. The van der Waals surface area contributed by atoms with Crippen LogP contribution in [-0.2, 0) is 4.79 Å². The zero-order valence-electron chi connectivity index (χ0n) is 19.4. The van der Waals surface area contributed by atoms with Gasteiger partial charge < -0.3 is 4.74 Å². The molecule has 1 aromatic carbocycles. The topological polar surface area (TPSA) is 46.8 Å². The first-order valence-electron chi connectivity index (χ1n) is 10.4. The van der Waals surface area contributed by atoms with E-state index in [1.54, 1.807) is 14.0 Å². The van der Waals surface area contributed by atoms with Gasteiger partial charge in [0.2, 0.25) is 5.91 Å². The third-order valence-electron chi connectivity index (χ3n) is 5.28. The summed E-state index contributed by atoms with van der Waals surface area (Å²) in [6.45, 7) is 14.5. The fraction of sp³-hybridized carbons (Fsp3) is 0.440. The second-order valence-electron chi connectivity index (χ2n) is 9.77. The molecule has 0 N–H and O–H groups in total. The molecule has 0 radical (unpaired) electrons. The summed E-state index contributed by atoms with van der Waals surface area (Å²) in [7, 11) is 1.66. The number of aryl methyl sites for hydroxylation is 1.